The molecule has 5 nitrogen and oxygen atoms in total. The van der Waals surface area contributed by atoms with Gasteiger partial charge in [-0.05, 0) is 26.7 Å². The Morgan fingerprint density at radius 1 is 0.897 bits per heavy atom. The molecule has 1 aliphatic heterocycles. The van der Waals surface area contributed by atoms with Crippen molar-refractivity contribution in [2.75, 3.05) is 0 Å². The van der Waals surface area contributed by atoms with Gasteiger partial charge in [-0.2, -0.15) is 0 Å². The fourth-order valence-corrected chi connectivity index (χ4v) is 3.95. The topological polar surface area (TPSA) is 63.7 Å². The Labute approximate surface area is 177 Å². The molecule has 1 saturated heterocycles. The normalized spacial score (nSPS) is 16.6. The predicted molar refractivity (Wildman–Crippen MR) is 116 cm³/mol. The van der Waals surface area contributed by atoms with E-state index in [1.807, 2.05) is 0 Å². The second kappa shape index (κ2) is 15.4. The Morgan fingerprint density at radius 2 is 1.38 bits per heavy atom. The van der Waals surface area contributed by atoms with Gasteiger partial charge in [-0.3, -0.25) is 14.5 Å². The van der Waals surface area contributed by atoms with E-state index < -0.39 is 12.0 Å². The summed E-state index contributed by atoms with van der Waals surface area (Å²) in [5.41, 5.74) is 0. The quantitative estimate of drug-likeness (QED) is 0.234. The van der Waals surface area contributed by atoms with Crippen LogP contribution in [0.15, 0.2) is 0 Å². The van der Waals surface area contributed by atoms with Gasteiger partial charge in [0, 0.05) is 12.8 Å². The minimum Gasteiger partial charge on any atom is -0.461 e. The molecule has 1 fully saturated rings. The minimum absolute atomic E-state index is 0.221. The van der Waals surface area contributed by atoms with Crippen LogP contribution in [0.3, 0.4) is 0 Å². The van der Waals surface area contributed by atoms with E-state index in [0.29, 0.717) is 12.8 Å². The van der Waals surface area contributed by atoms with Gasteiger partial charge < -0.3 is 4.74 Å². The van der Waals surface area contributed by atoms with E-state index in [1.165, 1.54) is 64.2 Å². The van der Waals surface area contributed by atoms with Crippen LogP contribution < -0.4 is 0 Å². The van der Waals surface area contributed by atoms with Gasteiger partial charge in [0.15, 0.2) is 0 Å². The lowest BCUT2D eigenvalue weighted by Gasteiger charge is -2.22. The van der Waals surface area contributed by atoms with E-state index in [9.17, 15) is 14.4 Å². The summed E-state index contributed by atoms with van der Waals surface area (Å²) >= 11 is 0. The van der Waals surface area contributed by atoms with E-state index in [0.717, 1.165) is 24.2 Å². The van der Waals surface area contributed by atoms with Gasteiger partial charge in [0.05, 0.1) is 6.10 Å². The van der Waals surface area contributed by atoms with Crippen LogP contribution in [0.25, 0.3) is 0 Å². The lowest BCUT2D eigenvalue weighted by atomic mass is 10.0. The van der Waals surface area contributed by atoms with Gasteiger partial charge in [-0.1, -0.05) is 84.0 Å². The monoisotopic (exact) mass is 409 g/mol. The molecule has 0 spiro atoms. The summed E-state index contributed by atoms with van der Waals surface area (Å²) in [5, 5.41) is 0. The molecule has 1 heterocycles. The molecule has 0 bridgehead atoms. The second-order valence-electron chi connectivity index (χ2n) is 8.69. The first-order valence-corrected chi connectivity index (χ1v) is 12.0. The molecule has 0 saturated carbocycles. The van der Waals surface area contributed by atoms with Gasteiger partial charge in [0.1, 0.15) is 6.04 Å². The van der Waals surface area contributed by atoms with Gasteiger partial charge in [-0.25, -0.2) is 4.79 Å². The third kappa shape index (κ3) is 10.8. The van der Waals surface area contributed by atoms with Crippen molar-refractivity contribution in [1.29, 1.82) is 0 Å². The number of imide groups is 1. The van der Waals surface area contributed by atoms with E-state index in [-0.39, 0.29) is 24.3 Å². The minimum atomic E-state index is -0.723. The lowest BCUT2D eigenvalue weighted by Crippen LogP contribution is -2.44. The molecular formula is C24H43NO4. The number of hydrogen-bond acceptors (Lipinski definition) is 4. The summed E-state index contributed by atoms with van der Waals surface area (Å²) in [5.74, 6) is -0.916. The number of carbonyl (C=O) groups is 3. The summed E-state index contributed by atoms with van der Waals surface area (Å²) in [7, 11) is 0. The van der Waals surface area contributed by atoms with Crippen molar-refractivity contribution in [2.24, 2.45) is 0 Å². The molecule has 0 aromatic carbocycles. The van der Waals surface area contributed by atoms with E-state index in [4.69, 9.17) is 4.74 Å². The molecule has 1 atom stereocenters. The van der Waals surface area contributed by atoms with Crippen molar-refractivity contribution in [1.82, 2.24) is 4.90 Å². The number of hydrogen-bond donors (Lipinski definition) is 0. The Kier molecular flexibility index (Phi) is 13.7. The van der Waals surface area contributed by atoms with Crippen LogP contribution in [0.5, 0.6) is 0 Å². The summed E-state index contributed by atoms with van der Waals surface area (Å²) in [4.78, 5) is 37.8. The molecule has 1 aliphatic rings. The molecule has 0 N–H and O–H groups in total. The highest BCUT2D eigenvalue weighted by atomic mass is 16.5. The fourth-order valence-electron chi connectivity index (χ4n) is 3.95. The third-order valence-corrected chi connectivity index (χ3v) is 5.60. The SMILES string of the molecule is CCCCCCCCCCCCCCCC(=O)N1C(=O)CCC1C(=O)OC(C)C. The highest BCUT2D eigenvalue weighted by molar-refractivity contribution is 6.01. The smallest absolute Gasteiger partial charge is 0.329 e. The highest BCUT2D eigenvalue weighted by Gasteiger charge is 2.40. The summed E-state index contributed by atoms with van der Waals surface area (Å²) < 4.78 is 5.20. The van der Waals surface area contributed by atoms with Gasteiger partial charge in [0.25, 0.3) is 0 Å². The maximum Gasteiger partial charge on any atom is 0.329 e. The maximum absolute atomic E-state index is 12.5. The molecule has 5 heteroatoms. The number of esters is 1. The van der Waals surface area contributed by atoms with Crippen molar-refractivity contribution in [3.63, 3.8) is 0 Å². The van der Waals surface area contributed by atoms with Crippen LogP contribution in [-0.4, -0.2) is 34.8 Å². The van der Waals surface area contributed by atoms with Crippen LogP contribution in [0.2, 0.25) is 0 Å². The molecule has 0 radical (unpaired) electrons. The Morgan fingerprint density at radius 3 is 1.86 bits per heavy atom. The zero-order valence-electron chi connectivity index (χ0n) is 19.0. The Balaban J connectivity index is 2.08. The number of rotatable bonds is 16. The first-order valence-electron chi connectivity index (χ1n) is 12.0. The summed E-state index contributed by atoms with van der Waals surface area (Å²) in [6.45, 7) is 5.80. The number of ether oxygens (including phenoxy) is 1. The van der Waals surface area contributed by atoms with Crippen LogP contribution in [0, 0.1) is 0 Å². The van der Waals surface area contributed by atoms with Crippen molar-refractivity contribution < 1.29 is 19.1 Å². The van der Waals surface area contributed by atoms with Crippen LogP contribution in [0.4, 0.5) is 0 Å². The maximum atomic E-state index is 12.5. The lowest BCUT2D eigenvalue weighted by molar-refractivity contribution is -0.160. The van der Waals surface area contributed by atoms with Gasteiger partial charge in [0.2, 0.25) is 11.8 Å². The average molecular weight is 410 g/mol. The molecule has 29 heavy (non-hydrogen) atoms. The van der Waals surface area contributed by atoms with Crippen LogP contribution >= 0.6 is 0 Å². The average Bonchev–Trinajstić information content (AvgIpc) is 3.06. The van der Waals surface area contributed by atoms with E-state index >= 15 is 0 Å². The Hall–Kier alpha value is -1.39. The molecule has 1 rings (SSSR count). The van der Waals surface area contributed by atoms with Crippen molar-refractivity contribution in [3.05, 3.63) is 0 Å². The molecule has 0 aliphatic carbocycles. The zero-order valence-corrected chi connectivity index (χ0v) is 19.0. The molecule has 0 aromatic heterocycles. The first kappa shape index (κ1) is 25.6. The third-order valence-electron chi connectivity index (χ3n) is 5.60. The second-order valence-corrected chi connectivity index (χ2v) is 8.69. The zero-order chi connectivity index (χ0) is 21.5. The summed E-state index contributed by atoms with van der Waals surface area (Å²) in [6.07, 6.45) is 17.0. The fraction of sp³-hybridized carbons (Fsp3) is 0.875. The molecule has 0 aromatic rings. The number of likely N-dealkylation sites (tertiary alicyclic amines) is 1. The van der Waals surface area contributed by atoms with Gasteiger partial charge in [-0.15, -0.1) is 0 Å². The van der Waals surface area contributed by atoms with E-state index in [1.54, 1.807) is 13.8 Å². The van der Waals surface area contributed by atoms with E-state index in [2.05, 4.69) is 6.92 Å². The van der Waals surface area contributed by atoms with Crippen LogP contribution in [0.1, 0.15) is 124 Å². The first-order chi connectivity index (χ1) is 14.0. The standard InChI is InChI=1S/C24H43NO4/c1-4-5-6-7-8-9-10-11-12-13-14-15-16-17-22(26)25-21(18-19-23(25)27)24(28)29-20(2)3/h20-21H,4-19H2,1-3H3. The number of unbranched alkanes of at least 4 members (excludes halogenated alkanes) is 12. The molecule has 1 unspecified atom stereocenters. The van der Waals surface area contributed by atoms with Crippen molar-refractivity contribution >= 4 is 17.8 Å². The van der Waals surface area contributed by atoms with Crippen molar-refractivity contribution in [3.8, 4) is 0 Å². The number of nitrogens with zero attached hydrogens (tertiary/aromatic N) is 1. The van der Waals surface area contributed by atoms with Gasteiger partial charge >= 0.3 is 5.97 Å². The largest absolute Gasteiger partial charge is 0.461 e. The number of amides is 2. The van der Waals surface area contributed by atoms with Crippen molar-refractivity contribution in [2.45, 2.75) is 136 Å². The molecular weight excluding hydrogens is 366 g/mol. The predicted octanol–water partition coefficient (Wildman–Crippen LogP) is 5.94. The Bertz CT molecular complexity index is 489. The molecule has 168 valence electrons. The van der Waals surface area contributed by atoms with Crippen LogP contribution in [-0.2, 0) is 19.1 Å². The molecule has 2 amide bonds. The number of carbonyl (C=O) groups excluding carboxylic acids is 3. The highest BCUT2D eigenvalue weighted by Crippen LogP contribution is 2.22. The summed E-state index contributed by atoms with van der Waals surface area (Å²) in [6, 6.07) is -0.723.